The molecule has 56 heavy (non-hydrogen) atoms. The van der Waals surface area contributed by atoms with Crippen LogP contribution in [0.4, 0.5) is 0 Å². The molecule has 11 heteroatoms. The number of hydrogen-bond acceptors (Lipinski definition) is 8. The molecule has 0 unspecified atom stereocenters. The van der Waals surface area contributed by atoms with E-state index in [0.717, 1.165) is 99.9 Å². The Kier molecular flexibility index (Phi) is 11.3. The Morgan fingerprint density at radius 1 is 0.643 bits per heavy atom. The topological polar surface area (TPSA) is 113 Å². The van der Waals surface area contributed by atoms with Gasteiger partial charge >= 0.3 is 0 Å². The fraction of sp³-hybridized carbons (Fsp3) is 0.511. The standard InChI is InChI=1S/C45H53N5O4S2/c1-26(2)34(23-37(51)30-13-14-30)44(53)49-21-5-7-35(49)42-46-24-38(55-42)31-15-9-28(10-16-31)29-11-17-32(18-12-29)39-25-47-43(56-39)36-8-6-22-50(36)45(54)40(27(3)4)48-41(52)33-19-20-33/h9-12,15-18,24-27,30,33-36,40H,5-8,13-14,19-23H2,1-4H3,(H,48,52)/t34-,35+,36+,40-/m1/s1. The van der Waals surface area contributed by atoms with Gasteiger partial charge in [-0.3, -0.25) is 19.2 Å². The molecule has 2 aromatic heterocycles. The molecule has 8 rings (SSSR count). The van der Waals surface area contributed by atoms with Gasteiger partial charge in [0.25, 0.3) is 0 Å². The van der Waals surface area contributed by atoms with Crippen LogP contribution in [-0.4, -0.2) is 62.4 Å². The second-order valence-electron chi connectivity index (χ2n) is 17.0. The molecule has 2 aliphatic carbocycles. The van der Waals surface area contributed by atoms with Crippen LogP contribution >= 0.6 is 22.7 Å². The van der Waals surface area contributed by atoms with Gasteiger partial charge in [0.1, 0.15) is 21.8 Å². The molecule has 2 saturated carbocycles. The predicted molar refractivity (Wildman–Crippen MR) is 222 cm³/mol. The van der Waals surface area contributed by atoms with Crippen molar-refractivity contribution in [2.24, 2.45) is 29.6 Å². The van der Waals surface area contributed by atoms with Crippen LogP contribution in [0.25, 0.3) is 32.0 Å². The lowest BCUT2D eigenvalue weighted by Crippen LogP contribution is -2.51. The Balaban J connectivity index is 0.905. The van der Waals surface area contributed by atoms with E-state index in [1.54, 1.807) is 22.7 Å². The summed E-state index contributed by atoms with van der Waals surface area (Å²) in [5.74, 6) is 0.489. The Labute approximate surface area is 338 Å². The fourth-order valence-electron chi connectivity index (χ4n) is 8.30. The zero-order valence-corrected chi connectivity index (χ0v) is 34.5. The number of Topliss-reactive ketones (excluding diaryl/α,β-unsaturated/α-hetero) is 1. The zero-order valence-electron chi connectivity index (χ0n) is 32.9. The number of hydrogen-bond donors (Lipinski definition) is 1. The number of thiazole rings is 2. The summed E-state index contributed by atoms with van der Waals surface area (Å²) in [7, 11) is 0. The van der Waals surface area contributed by atoms with Crippen molar-refractivity contribution < 1.29 is 19.2 Å². The molecule has 4 atom stereocenters. The first-order valence-corrected chi connectivity index (χ1v) is 22.3. The smallest absolute Gasteiger partial charge is 0.246 e. The van der Waals surface area contributed by atoms with E-state index in [0.29, 0.717) is 13.0 Å². The molecule has 0 radical (unpaired) electrons. The second kappa shape index (κ2) is 16.3. The average Bonchev–Trinajstić information content (AvgIpc) is 3.95. The van der Waals surface area contributed by atoms with Gasteiger partial charge in [-0.15, -0.1) is 22.7 Å². The molecule has 2 aromatic carbocycles. The minimum Gasteiger partial charge on any atom is -0.344 e. The highest BCUT2D eigenvalue weighted by atomic mass is 32.1. The number of likely N-dealkylation sites (tertiary alicyclic amines) is 2. The minimum absolute atomic E-state index is 0.000400. The first kappa shape index (κ1) is 38.6. The van der Waals surface area contributed by atoms with Gasteiger partial charge in [-0.25, -0.2) is 9.97 Å². The third-order valence-electron chi connectivity index (χ3n) is 12.1. The summed E-state index contributed by atoms with van der Waals surface area (Å²) in [6.45, 7) is 9.52. The van der Waals surface area contributed by atoms with Crippen molar-refractivity contribution in [2.75, 3.05) is 13.1 Å². The molecule has 4 aliphatic rings. The van der Waals surface area contributed by atoms with Crippen LogP contribution in [0.2, 0.25) is 0 Å². The lowest BCUT2D eigenvalue weighted by Gasteiger charge is -2.30. The Bertz CT molecular complexity index is 1920. The van der Waals surface area contributed by atoms with Gasteiger partial charge in [0.05, 0.1) is 21.8 Å². The highest BCUT2D eigenvalue weighted by Crippen LogP contribution is 2.42. The molecule has 9 nitrogen and oxygen atoms in total. The maximum absolute atomic E-state index is 13.8. The summed E-state index contributed by atoms with van der Waals surface area (Å²) >= 11 is 3.30. The van der Waals surface area contributed by atoms with E-state index in [-0.39, 0.29) is 65.2 Å². The van der Waals surface area contributed by atoms with Crippen LogP contribution in [0.1, 0.15) is 108 Å². The third-order valence-corrected chi connectivity index (χ3v) is 14.4. The number of rotatable bonds is 14. The van der Waals surface area contributed by atoms with Crippen LogP contribution < -0.4 is 5.32 Å². The lowest BCUT2D eigenvalue weighted by atomic mass is 9.88. The number of carbonyl (C=O) groups is 4. The van der Waals surface area contributed by atoms with Crippen molar-refractivity contribution >= 4 is 46.2 Å². The minimum atomic E-state index is -0.512. The number of amides is 3. The molecule has 4 heterocycles. The largest absolute Gasteiger partial charge is 0.344 e. The SMILES string of the molecule is CC(C)[C@@H](CC(=O)C1CC1)C(=O)N1CCC[C@H]1c1ncc(-c2ccc(-c3ccc(-c4cnc([C@@H]5CCCN5C(=O)[C@H](NC(=O)C5CC5)C(C)C)s4)cc3)cc2)s1. The Hall–Kier alpha value is -4.22. The number of benzene rings is 2. The van der Waals surface area contributed by atoms with Crippen molar-refractivity contribution in [1.82, 2.24) is 25.1 Å². The predicted octanol–water partition coefficient (Wildman–Crippen LogP) is 9.12. The van der Waals surface area contributed by atoms with Gasteiger partial charge in [-0.1, -0.05) is 76.2 Å². The summed E-state index contributed by atoms with van der Waals surface area (Å²) in [5, 5.41) is 4.96. The molecular formula is C45H53N5O4S2. The maximum atomic E-state index is 13.8. The normalized spacial score (nSPS) is 20.8. The van der Waals surface area contributed by atoms with E-state index >= 15 is 0 Å². The van der Waals surface area contributed by atoms with Crippen LogP contribution in [0.5, 0.6) is 0 Å². The van der Waals surface area contributed by atoms with Crippen molar-refractivity contribution in [3.8, 4) is 32.0 Å². The van der Waals surface area contributed by atoms with E-state index in [2.05, 4.69) is 67.7 Å². The first-order valence-electron chi connectivity index (χ1n) is 20.6. The van der Waals surface area contributed by atoms with Crippen LogP contribution in [-0.2, 0) is 19.2 Å². The summed E-state index contributed by atoms with van der Waals surface area (Å²) in [5.41, 5.74) is 4.43. The third kappa shape index (κ3) is 8.26. The molecule has 1 N–H and O–H groups in total. The average molecular weight is 792 g/mol. The zero-order chi connectivity index (χ0) is 39.1. The lowest BCUT2D eigenvalue weighted by molar-refractivity contribution is -0.140. The first-order chi connectivity index (χ1) is 27.0. The molecule has 294 valence electrons. The van der Waals surface area contributed by atoms with E-state index in [9.17, 15) is 19.2 Å². The van der Waals surface area contributed by atoms with Crippen molar-refractivity contribution in [1.29, 1.82) is 0 Å². The van der Waals surface area contributed by atoms with Gasteiger partial charge in [-0.05, 0) is 85.5 Å². The van der Waals surface area contributed by atoms with E-state index < -0.39 is 6.04 Å². The molecular weight excluding hydrogens is 739 g/mol. The Morgan fingerprint density at radius 3 is 1.55 bits per heavy atom. The number of ketones is 1. The molecule has 0 spiro atoms. The molecule has 2 aliphatic heterocycles. The van der Waals surface area contributed by atoms with Gasteiger partial charge in [0.2, 0.25) is 17.7 Å². The van der Waals surface area contributed by atoms with Crippen LogP contribution in [0.3, 0.4) is 0 Å². The van der Waals surface area contributed by atoms with Gasteiger partial charge in [0, 0.05) is 49.7 Å². The fourth-order valence-corrected chi connectivity index (χ4v) is 10.4. The molecule has 0 bridgehead atoms. The van der Waals surface area contributed by atoms with E-state index in [4.69, 9.17) is 9.97 Å². The van der Waals surface area contributed by atoms with Gasteiger partial charge < -0.3 is 15.1 Å². The van der Waals surface area contributed by atoms with Crippen molar-refractivity contribution in [3.63, 3.8) is 0 Å². The van der Waals surface area contributed by atoms with Crippen LogP contribution in [0, 0.1) is 29.6 Å². The number of carbonyl (C=O) groups excluding carboxylic acids is 4. The van der Waals surface area contributed by atoms with Gasteiger partial charge in [-0.2, -0.15) is 0 Å². The number of nitrogens with one attached hydrogen (secondary N) is 1. The van der Waals surface area contributed by atoms with E-state index in [1.807, 2.05) is 36.0 Å². The summed E-state index contributed by atoms with van der Waals surface area (Å²) in [4.78, 5) is 68.5. The second-order valence-corrected chi connectivity index (χ2v) is 19.1. The molecule has 4 fully saturated rings. The monoisotopic (exact) mass is 791 g/mol. The Morgan fingerprint density at radius 2 is 1.11 bits per heavy atom. The molecule has 2 saturated heterocycles. The van der Waals surface area contributed by atoms with Crippen molar-refractivity contribution in [2.45, 2.75) is 104 Å². The maximum Gasteiger partial charge on any atom is 0.246 e. The van der Waals surface area contributed by atoms with Crippen molar-refractivity contribution in [3.05, 3.63) is 70.9 Å². The van der Waals surface area contributed by atoms with Gasteiger partial charge in [0.15, 0.2) is 0 Å². The molecule has 4 aromatic rings. The number of aromatic nitrogens is 2. The summed E-state index contributed by atoms with van der Waals surface area (Å²) < 4.78 is 0. The van der Waals surface area contributed by atoms with Crippen LogP contribution in [0.15, 0.2) is 60.9 Å². The summed E-state index contributed by atoms with van der Waals surface area (Å²) in [6.07, 6.45) is 11.6. The molecule has 3 amide bonds. The summed E-state index contributed by atoms with van der Waals surface area (Å²) in [6, 6.07) is 16.5. The highest BCUT2D eigenvalue weighted by molar-refractivity contribution is 7.15. The quantitative estimate of drug-likeness (QED) is 0.136. The highest BCUT2D eigenvalue weighted by Gasteiger charge is 2.41. The number of nitrogens with zero attached hydrogens (tertiary/aromatic N) is 4. The van der Waals surface area contributed by atoms with E-state index in [1.165, 1.54) is 0 Å².